The van der Waals surface area contributed by atoms with Crippen molar-refractivity contribution >= 4 is 158 Å². The molecule has 0 saturated carbocycles. The van der Waals surface area contributed by atoms with Crippen LogP contribution in [0.5, 0.6) is 11.5 Å². The van der Waals surface area contributed by atoms with Gasteiger partial charge in [-0.05, 0) is 127 Å². The number of nitriles is 2. The van der Waals surface area contributed by atoms with Crippen molar-refractivity contribution in [3.05, 3.63) is 104 Å². The van der Waals surface area contributed by atoms with Crippen LogP contribution in [0.15, 0.2) is 107 Å². The third kappa shape index (κ3) is 15.4. The van der Waals surface area contributed by atoms with Crippen LogP contribution in [-0.4, -0.2) is 168 Å². The van der Waals surface area contributed by atoms with Gasteiger partial charge in [-0.1, -0.05) is 34.4 Å². The highest BCUT2D eigenvalue weighted by molar-refractivity contribution is 7.99. The number of fused-ring (bicyclic) bond motifs is 2. The molecule has 4 aliphatic rings. The van der Waals surface area contributed by atoms with Gasteiger partial charge in [-0.3, -0.25) is 28.3 Å². The number of carbonyl (C=O) groups excluding carboxylic acids is 4. The largest absolute Gasteiger partial charge is 0.494 e. The summed E-state index contributed by atoms with van der Waals surface area (Å²) in [4.78, 5) is 88.3. The molecule has 3 aromatic heterocycles. The second kappa shape index (κ2) is 31.2. The lowest BCUT2D eigenvalue weighted by atomic mass is 10.1. The van der Waals surface area contributed by atoms with E-state index in [1.807, 2.05) is 49.6 Å². The zero-order valence-corrected chi connectivity index (χ0v) is 59.9. The van der Waals surface area contributed by atoms with Crippen LogP contribution in [-0.2, 0) is 20.2 Å². The number of ether oxygens (including phenoxy) is 2. The van der Waals surface area contributed by atoms with Crippen LogP contribution >= 0.6 is 34.4 Å². The van der Waals surface area contributed by atoms with Gasteiger partial charge in [-0.15, -0.1) is 20.5 Å². The number of thioether (sulfide) groups is 1. The number of nitrogens with one attached hydrogen (secondary N) is 2. The molecule has 7 heterocycles. The average molecular weight is 1480 g/mol. The minimum atomic E-state index is -4.75. The molecule has 0 radical (unpaired) electrons. The number of hydrogen-bond donors (Lipinski definition) is 5. The monoisotopic (exact) mass is 1480 g/mol. The number of methoxy groups -OCH3 is 2. The number of thiazole rings is 2. The second-order valence-corrected chi connectivity index (χ2v) is 28.8. The predicted molar refractivity (Wildman–Crippen MR) is 383 cm³/mol. The average Bonchev–Trinajstić information content (AvgIpc) is 1.60. The molecular weight excluding hydrogens is 1420 g/mol. The number of allylic oxidation sites excluding steroid dienone is 2. The minimum Gasteiger partial charge on any atom is -0.494 e. The number of aromatic nitrogens is 5. The van der Waals surface area contributed by atoms with Gasteiger partial charge in [-0.25, -0.2) is 9.80 Å². The first kappa shape index (κ1) is 72.9. The van der Waals surface area contributed by atoms with Gasteiger partial charge in [0.25, 0.3) is 43.9 Å². The predicted octanol–water partition coefficient (Wildman–Crippen LogP) is 11.7. The molecule has 0 spiro atoms. The number of azo groups is 2. The smallest absolute Gasteiger partial charge is 0.294 e. The van der Waals surface area contributed by atoms with Crippen LogP contribution in [0.3, 0.4) is 0 Å². The van der Waals surface area contributed by atoms with Crippen molar-refractivity contribution in [1.82, 2.24) is 34.7 Å². The van der Waals surface area contributed by atoms with E-state index < -0.39 is 53.7 Å². The molecule has 4 amide bonds. The fourth-order valence-corrected chi connectivity index (χ4v) is 15.1. The molecule has 4 aromatic carbocycles. The molecule has 32 nitrogen and oxygen atoms in total. The molecule has 0 unspecified atom stereocenters. The van der Waals surface area contributed by atoms with Crippen LogP contribution in [0, 0.1) is 22.7 Å². The van der Waals surface area contributed by atoms with Gasteiger partial charge in [0.05, 0.1) is 85.4 Å². The van der Waals surface area contributed by atoms with E-state index >= 15 is 0 Å². The van der Waals surface area contributed by atoms with E-state index in [0.29, 0.717) is 118 Å². The summed E-state index contributed by atoms with van der Waals surface area (Å²) < 4.78 is 79.4. The van der Waals surface area contributed by atoms with Crippen molar-refractivity contribution in [2.45, 2.75) is 81.2 Å². The fourth-order valence-electron chi connectivity index (χ4n) is 11.8. The van der Waals surface area contributed by atoms with Gasteiger partial charge in [0, 0.05) is 70.2 Å². The van der Waals surface area contributed by atoms with Crippen molar-refractivity contribution in [3.8, 4) is 23.6 Å². The molecule has 2 saturated heterocycles. The molecule has 5 N–H and O–H groups in total. The van der Waals surface area contributed by atoms with Crippen LogP contribution in [0.1, 0.15) is 117 Å². The summed E-state index contributed by atoms with van der Waals surface area (Å²) in [6.07, 6.45) is 7.94. The molecular formula is C65H67N19O13S5. The standard InChI is InChI=1S/C65H67N19O13S5/c1-7-79(8-2)49-31-45(47(33-51(49)96-5)75-77-64-70-55(81-21-13-11-14-22-81)53(99-64)27-37(35-66)83-57(86)41-19-17-39(101(90,91)92)29-43(41)59(83)88)68-61-72-62(74-63(73-61)98-26-25-85)69-46-32-50(80(9-3)10-4)52(97-6)34-48(46)76-78-65-71-56(82-23-15-12-16-24-82)54(100-65)28-38(36-67)84-58(87)42-20-18-40(102(93,94)95)30-44(42)60(84)89/h17-20,27-34,85H,7-16,21-26H2,1-6H3,(H,90,91,92)(H,93,94,95)(H2,68,69,72,73,74)/b37-27+,38-28+,77-75?,78-76?. The summed E-state index contributed by atoms with van der Waals surface area (Å²) in [5, 5.41) is 57.1. The maximum atomic E-state index is 13.8. The molecule has 102 heavy (non-hydrogen) atoms. The topological polar surface area (TPSA) is 421 Å². The van der Waals surface area contributed by atoms with E-state index in [4.69, 9.17) is 44.6 Å². The van der Waals surface area contributed by atoms with E-state index in [-0.39, 0.29) is 84.7 Å². The molecule has 7 aromatic rings. The highest BCUT2D eigenvalue weighted by Crippen LogP contribution is 2.46. The first-order valence-electron chi connectivity index (χ1n) is 32.1. The number of rotatable bonds is 27. The number of aliphatic hydroxyl groups is 1. The lowest BCUT2D eigenvalue weighted by Gasteiger charge is -2.27. The number of nitrogens with zero attached hydrogens (tertiary/aromatic N) is 17. The lowest BCUT2D eigenvalue weighted by molar-refractivity contribution is 0.0696. The van der Waals surface area contributed by atoms with Crippen molar-refractivity contribution in [1.29, 1.82) is 10.5 Å². The van der Waals surface area contributed by atoms with Crippen molar-refractivity contribution in [3.63, 3.8) is 0 Å². The number of aliphatic hydroxyl groups excluding tert-OH is 1. The van der Waals surface area contributed by atoms with Gasteiger partial charge in [0.15, 0.2) is 5.16 Å². The summed E-state index contributed by atoms with van der Waals surface area (Å²) in [5.41, 5.74) is 0.749. The number of hydrogen-bond acceptors (Lipinski definition) is 31. The Morgan fingerprint density at radius 2 is 0.971 bits per heavy atom. The molecule has 530 valence electrons. The molecule has 4 aliphatic heterocycles. The van der Waals surface area contributed by atoms with E-state index in [1.165, 1.54) is 26.4 Å². The summed E-state index contributed by atoms with van der Waals surface area (Å²) in [6, 6.07) is 16.8. The fraction of sp³-hybridized carbons (Fsp3) is 0.338. The Morgan fingerprint density at radius 3 is 1.32 bits per heavy atom. The summed E-state index contributed by atoms with van der Waals surface area (Å²) >= 11 is 3.20. The number of piperidine rings is 2. The Bertz CT molecular complexity index is 4630. The van der Waals surface area contributed by atoms with E-state index in [2.05, 4.69) is 30.7 Å². The van der Waals surface area contributed by atoms with Crippen LogP contribution < -0.4 is 39.7 Å². The first-order valence-corrected chi connectivity index (χ1v) is 37.6. The van der Waals surface area contributed by atoms with Crippen molar-refractivity contribution < 1.29 is 59.7 Å². The van der Waals surface area contributed by atoms with Crippen LogP contribution in [0.2, 0.25) is 0 Å². The quantitative estimate of drug-likeness (QED) is 0.0105. The van der Waals surface area contributed by atoms with Gasteiger partial charge in [-0.2, -0.15) is 52.3 Å². The third-order valence-corrected chi connectivity index (χ3v) is 21.1. The van der Waals surface area contributed by atoms with E-state index in [9.17, 15) is 60.7 Å². The first-order chi connectivity index (χ1) is 49.0. The van der Waals surface area contributed by atoms with E-state index in [1.54, 1.807) is 24.3 Å². The molecule has 37 heteroatoms. The maximum Gasteiger partial charge on any atom is 0.294 e. The van der Waals surface area contributed by atoms with Gasteiger partial charge in [0.2, 0.25) is 22.2 Å². The number of anilines is 8. The second-order valence-electron chi connectivity index (χ2n) is 22.9. The minimum absolute atomic E-state index is 0.00980. The Morgan fingerprint density at radius 1 is 0.578 bits per heavy atom. The van der Waals surface area contributed by atoms with Gasteiger partial charge in [0.1, 0.15) is 58.0 Å². The van der Waals surface area contributed by atoms with E-state index in [0.717, 1.165) is 109 Å². The molecule has 2 fully saturated rings. The Labute approximate surface area is 598 Å². The number of carbonyl (C=O) groups is 4. The SMILES string of the molecule is CCN(CC)c1cc(Nc2nc(Nc3cc(N(CC)CC)c(OC)cc3N=Nc3nc(N4CCCCC4)c(/C=C(\C#N)N4C(=O)c5ccc(S(=O)(=O)O)cc5C4=O)s3)nc(SCCO)n2)c(N=Nc2nc(N3CCCCC3)c(/C=C(\C#N)N3C(=O)c4ccc(S(=O)(=O)O)cc4C3=O)s2)cc1OC. The van der Waals surface area contributed by atoms with Gasteiger partial charge < -0.3 is 44.8 Å². The summed E-state index contributed by atoms with van der Waals surface area (Å²) in [7, 11) is -6.45. The number of benzene rings is 4. The molecule has 0 bridgehead atoms. The van der Waals surface area contributed by atoms with Crippen LogP contribution in [0.4, 0.5) is 67.9 Å². The maximum absolute atomic E-state index is 13.8. The zero-order valence-electron chi connectivity index (χ0n) is 55.8. The molecule has 11 rings (SSSR count). The Hall–Kier alpha value is -10.4. The summed E-state index contributed by atoms with van der Waals surface area (Å²) in [6.45, 7) is 12.4. The molecule has 0 atom stereocenters. The normalized spacial score (nSPS) is 15.2. The highest BCUT2D eigenvalue weighted by atomic mass is 32.2. The Balaban J connectivity index is 0.964. The zero-order chi connectivity index (χ0) is 72.7. The van der Waals surface area contributed by atoms with Crippen molar-refractivity contribution in [2.75, 3.05) is 109 Å². The Kier molecular flexibility index (Phi) is 22.3. The van der Waals surface area contributed by atoms with Crippen LogP contribution in [0.25, 0.3) is 12.2 Å². The number of imide groups is 2. The highest BCUT2D eigenvalue weighted by Gasteiger charge is 2.41. The lowest BCUT2D eigenvalue weighted by Crippen LogP contribution is -2.30. The third-order valence-electron chi connectivity index (χ3n) is 16.8. The van der Waals surface area contributed by atoms with Crippen molar-refractivity contribution in [2.24, 2.45) is 20.5 Å². The molecule has 0 aliphatic carbocycles. The van der Waals surface area contributed by atoms with Gasteiger partial charge >= 0.3 is 0 Å². The summed E-state index contributed by atoms with van der Waals surface area (Å²) in [5.74, 6) is -1.77. The number of amides is 4.